The normalized spacial score (nSPS) is 16.1. The first-order valence-corrected chi connectivity index (χ1v) is 7.28. The minimum atomic E-state index is -0.477. The maximum Gasteiger partial charge on any atom is 0.327 e. The van der Waals surface area contributed by atoms with Crippen molar-refractivity contribution in [3.63, 3.8) is 0 Å². The lowest BCUT2D eigenvalue weighted by Crippen LogP contribution is -2.29. The van der Waals surface area contributed by atoms with Gasteiger partial charge in [-0.05, 0) is 51.3 Å². The predicted octanol–water partition coefficient (Wildman–Crippen LogP) is 4.95. The Morgan fingerprint density at radius 2 is 1.94 bits per heavy atom. The first kappa shape index (κ1) is 17.4. The summed E-state index contributed by atoms with van der Waals surface area (Å²) in [6.07, 6.45) is 5.35. The second kappa shape index (κ2) is 7.77. The molecule has 0 radical (unpaired) electrons. The van der Waals surface area contributed by atoms with Gasteiger partial charge in [0.25, 0.3) is 0 Å². The number of alkyl halides is 1. The van der Waals surface area contributed by atoms with Crippen LogP contribution in [-0.2, 0) is 9.53 Å². The van der Waals surface area contributed by atoms with Crippen molar-refractivity contribution < 1.29 is 9.53 Å². The van der Waals surface area contributed by atoms with E-state index in [0.29, 0.717) is 5.76 Å². The number of allylic oxidation sites excluding steroid dienone is 4. The summed E-state index contributed by atoms with van der Waals surface area (Å²) in [7, 11) is 0. The molecular formula is C15H23IO2. The maximum absolute atomic E-state index is 12.0. The Labute approximate surface area is 124 Å². The van der Waals surface area contributed by atoms with Crippen molar-refractivity contribution in [2.45, 2.75) is 50.9 Å². The summed E-state index contributed by atoms with van der Waals surface area (Å²) >= 11 is 2.13. The number of rotatable bonds is 6. The molecule has 3 heteroatoms. The van der Waals surface area contributed by atoms with Crippen LogP contribution in [0.1, 0.15) is 47.5 Å². The van der Waals surface area contributed by atoms with Crippen LogP contribution in [0.25, 0.3) is 0 Å². The second-order valence-electron chi connectivity index (χ2n) is 4.56. The second-order valence-corrected chi connectivity index (χ2v) is 6.94. The molecule has 0 aliphatic heterocycles. The van der Waals surface area contributed by atoms with E-state index in [4.69, 9.17) is 4.74 Å². The molecule has 0 spiro atoms. The maximum atomic E-state index is 12.0. The van der Waals surface area contributed by atoms with Crippen LogP contribution in [0.4, 0.5) is 0 Å². The molecule has 0 amide bonds. The Kier molecular flexibility index (Phi) is 7.52. The number of esters is 1. The number of carbonyl (C=O) groups excluding carboxylic acids is 1. The number of carbonyl (C=O) groups is 1. The summed E-state index contributed by atoms with van der Waals surface area (Å²) < 4.78 is 4.99. The molecule has 0 rings (SSSR count). The largest absolute Gasteiger partial charge is 0.426 e. The highest BCUT2D eigenvalue weighted by Crippen LogP contribution is 2.25. The van der Waals surface area contributed by atoms with Gasteiger partial charge < -0.3 is 4.74 Å². The van der Waals surface area contributed by atoms with Gasteiger partial charge in [-0.2, -0.15) is 0 Å². The van der Waals surface area contributed by atoms with Crippen LogP contribution in [0.5, 0.6) is 0 Å². The summed E-state index contributed by atoms with van der Waals surface area (Å²) in [4.78, 5) is 12.0. The smallest absolute Gasteiger partial charge is 0.327 e. The third kappa shape index (κ3) is 5.85. The van der Waals surface area contributed by atoms with Gasteiger partial charge in [0.05, 0.1) is 0 Å². The quantitative estimate of drug-likeness (QED) is 0.220. The molecule has 0 aliphatic rings. The van der Waals surface area contributed by atoms with Gasteiger partial charge in [0.15, 0.2) is 0 Å². The van der Waals surface area contributed by atoms with Crippen molar-refractivity contribution in [1.29, 1.82) is 0 Å². The molecule has 0 aromatic carbocycles. The zero-order valence-corrected chi connectivity index (χ0v) is 14.1. The van der Waals surface area contributed by atoms with Crippen molar-refractivity contribution in [3.05, 3.63) is 35.6 Å². The molecule has 0 N–H and O–H groups in total. The molecule has 102 valence electrons. The lowest BCUT2D eigenvalue weighted by Gasteiger charge is -2.19. The number of hydrogen-bond acceptors (Lipinski definition) is 2. The van der Waals surface area contributed by atoms with Gasteiger partial charge in [0.2, 0.25) is 0 Å². The molecule has 0 saturated heterocycles. The van der Waals surface area contributed by atoms with Crippen molar-refractivity contribution >= 4 is 28.6 Å². The van der Waals surface area contributed by atoms with E-state index in [2.05, 4.69) is 29.2 Å². The summed E-state index contributed by atoms with van der Waals surface area (Å²) in [5.74, 6) is 0.412. The lowest BCUT2D eigenvalue weighted by molar-refractivity contribution is -0.140. The minimum absolute atomic E-state index is 0.198. The highest BCUT2D eigenvalue weighted by Gasteiger charge is 2.30. The van der Waals surface area contributed by atoms with Crippen molar-refractivity contribution in [2.75, 3.05) is 0 Å². The van der Waals surface area contributed by atoms with E-state index in [1.54, 1.807) is 0 Å². The monoisotopic (exact) mass is 362 g/mol. The fourth-order valence-corrected chi connectivity index (χ4v) is 1.14. The highest BCUT2D eigenvalue weighted by atomic mass is 127. The van der Waals surface area contributed by atoms with Crippen LogP contribution in [0.15, 0.2) is 35.6 Å². The summed E-state index contributed by atoms with van der Waals surface area (Å²) in [6.45, 7) is 13.6. The summed E-state index contributed by atoms with van der Waals surface area (Å²) in [6, 6.07) is 0. The van der Waals surface area contributed by atoms with E-state index in [1.807, 2.05) is 46.8 Å². The molecule has 18 heavy (non-hydrogen) atoms. The Bertz CT molecular complexity index is 376. The Hall–Kier alpha value is -0.580. The van der Waals surface area contributed by atoms with E-state index in [1.165, 1.54) is 0 Å². The van der Waals surface area contributed by atoms with Crippen LogP contribution in [0, 0.1) is 0 Å². The van der Waals surface area contributed by atoms with Gasteiger partial charge in [-0.1, -0.05) is 48.6 Å². The number of ether oxygens (including phenoxy) is 1. The topological polar surface area (TPSA) is 26.3 Å². The van der Waals surface area contributed by atoms with Gasteiger partial charge >= 0.3 is 5.97 Å². The molecule has 1 atom stereocenters. The predicted molar refractivity (Wildman–Crippen MR) is 85.8 cm³/mol. The van der Waals surface area contributed by atoms with Gasteiger partial charge in [0.1, 0.15) is 9.18 Å². The van der Waals surface area contributed by atoms with E-state index in [9.17, 15) is 4.79 Å². The average Bonchev–Trinajstić information content (AvgIpc) is 2.28. The Balaban J connectivity index is 4.99. The van der Waals surface area contributed by atoms with Gasteiger partial charge in [-0.25, -0.2) is 0 Å². The van der Waals surface area contributed by atoms with Crippen molar-refractivity contribution in [1.82, 2.24) is 0 Å². The summed E-state index contributed by atoms with van der Waals surface area (Å²) in [5, 5.41) is 0. The molecule has 2 nitrogen and oxygen atoms in total. The fourth-order valence-electron chi connectivity index (χ4n) is 1.03. The first-order chi connectivity index (χ1) is 8.24. The third-order valence-electron chi connectivity index (χ3n) is 2.74. The Morgan fingerprint density at radius 3 is 2.33 bits per heavy atom. The highest BCUT2D eigenvalue weighted by molar-refractivity contribution is 14.1. The molecule has 0 aliphatic carbocycles. The van der Waals surface area contributed by atoms with Crippen LogP contribution in [-0.4, -0.2) is 9.39 Å². The minimum Gasteiger partial charge on any atom is -0.426 e. The van der Waals surface area contributed by atoms with Gasteiger partial charge in [-0.15, -0.1) is 0 Å². The SMILES string of the molecule is C=C(C)/C(C)=C\C(=C/CC)OC(=O)C(C)(I)CC. The number of hydrogen-bond donors (Lipinski definition) is 0. The third-order valence-corrected chi connectivity index (χ3v) is 3.94. The van der Waals surface area contributed by atoms with Crippen LogP contribution in [0.3, 0.4) is 0 Å². The first-order valence-electron chi connectivity index (χ1n) is 6.20. The van der Waals surface area contributed by atoms with E-state index in [0.717, 1.165) is 24.0 Å². The molecule has 0 aromatic heterocycles. The average molecular weight is 362 g/mol. The fraction of sp³-hybridized carbons (Fsp3) is 0.533. The van der Waals surface area contributed by atoms with Crippen molar-refractivity contribution in [2.24, 2.45) is 0 Å². The van der Waals surface area contributed by atoms with Gasteiger partial charge in [0, 0.05) is 0 Å². The standard InChI is InChI=1S/C15H23IO2/c1-7-9-13(10-12(5)11(3)4)18-14(17)15(6,16)8-2/h9-10H,3,7-8H2,1-2,4-6H3/b12-10-,13-9+. The van der Waals surface area contributed by atoms with Gasteiger partial charge in [-0.3, -0.25) is 4.79 Å². The molecule has 0 aromatic rings. The molecular weight excluding hydrogens is 339 g/mol. The van der Waals surface area contributed by atoms with E-state index < -0.39 is 3.42 Å². The van der Waals surface area contributed by atoms with E-state index >= 15 is 0 Å². The van der Waals surface area contributed by atoms with Crippen LogP contribution < -0.4 is 0 Å². The molecule has 0 heterocycles. The molecule has 0 saturated carbocycles. The van der Waals surface area contributed by atoms with Crippen molar-refractivity contribution in [3.8, 4) is 0 Å². The Morgan fingerprint density at radius 1 is 1.39 bits per heavy atom. The zero-order chi connectivity index (χ0) is 14.3. The molecule has 0 fully saturated rings. The lowest BCUT2D eigenvalue weighted by atomic mass is 10.1. The van der Waals surface area contributed by atoms with Crippen LogP contribution >= 0.6 is 22.6 Å². The van der Waals surface area contributed by atoms with Crippen LogP contribution in [0.2, 0.25) is 0 Å². The molecule has 0 bridgehead atoms. The zero-order valence-electron chi connectivity index (χ0n) is 12.0. The molecule has 1 unspecified atom stereocenters. The number of halogens is 1. The van der Waals surface area contributed by atoms with E-state index in [-0.39, 0.29) is 5.97 Å². The summed E-state index contributed by atoms with van der Waals surface area (Å²) in [5.41, 5.74) is 2.00.